The van der Waals surface area contributed by atoms with Gasteiger partial charge in [-0.15, -0.1) is 0 Å². The van der Waals surface area contributed by atoms with E-state index >= 15 is 0 Å². The topological polar surface area (TPSA) is 52.7 Å². The van der Waals surface area contributed by atoms with Crippen molar-refractivity contribution < 1.29 is 9.59 Å². The number of amides is 2. The normalized spacial score (nSPS) is 14.1. The van der Waals surface area contributed by atoms with Crippen molar-refractivity contribution in [1.82, 2.24) is 4.90 Å². The molecule has 1 aliphatic rings. The average Bonchev–Trinajstić information content (AvgIpc) is 2.70. The van der Waals surface area contributed by atoms with Crippen molar-refractivity contribution in [3.63, 3.8) is 0 Å². The number of aryl methyl sites for hydroxylation is 2. The van der Waals surface area contributed by atoms with Crippen LogP contribution in [0.15, 0.2) is 36.4 Å². The molecule has 0 aliphatic carbocycles. The van der Waals surface area contributed by atoms with Gasteiger partial charge in [-0.05, 0) is 61.7 Å². The number of halogens is 1. The minimum Gasteiger partial charge on any atom is -0.366 e. The molecule has 1 fully saturated rings. The summed E-state index contributed by atoms with van der Waals surface area (Å²) in [6.07, 6.45) is 1.46. The summed E-state index contributed by atoms with van der Waals surface area (Å²) < 4.78 is 0. The van der Waals surface area contributed by atoms with Crippen LogP contribution in [0.5, 0.6) is 0 Å². The third-order valence-corrected chi connectivity index (χ3v) is 5.65. The first-order valence-electron chi connectivity index (χ1n) is 10.1. The Kier molecular flexibility index (Phi) is 6.80. The second-order valence-electron chi connectivity index (χ2n) is 7.53. The van der Waals surface area contributed by atoms with Gasteiger partial charge < -0.3 is 15.1 Å². The number of anilines is 2. The van der Waals surface area contributed by atoms with Gasteiger partial charge in [0.1, 0.15) is 0 Å². The standard InChI is InChI=1S/C23H28ClN3O2/c1-4-5-22(28)27-12-10-26(11-13-27)21-9-8-19(24)15-20(21)25-23(29)18-7-6-16(2)17(3)14-18/h6-9,14-15H,4-5,10-13H2,1-3H3,(H,25,29). The lowest BCUT2D eigenvalue weighted by atomic mass is 10.1. The van der Waals surface area contributed by atoms with E-state index in [1.54, 1.807) is 6.07 Å². The third-order valence-electron chi connectivity index (χ3n) is 5.41. The second-order valence-corrected chi connectivity index (χ2v) is 7.97. The summed E-state index contributed by atoms with van der Waals surface area (Å²) in [5, 5.41) is 3.59. The highest BCUT2D eigenvalue weighted by atomic mass is 35.5. The monoisotopic (exact) mass is 413 g/mol. The molecule has 154 valence electrons. The van der Waals surface area contributed by atoms with Crippen molar-refractivity contribution in [2.24, 2.45) is 0 Å². The molecule has 0 bridgehead atoms. The maximum atomic E-state index is 12.8. The van der Waals surface area contributed by atoms with Gasteiger partial charge >= 0.3 is 0 Å². The molecule has 2 aromatic carbocycles. The van der Waals surface area contributed by atoms with Crippen LogP contribution in [0.4, 0.5) is 11.4 Å². The Balaban J connectivity index is 1.75. The highest BCUT2D eigenvalue weighted by molar-refractivity contribution is 6.31. The fraction of sp³-hybridized carbons (Fsp3) is 0.391. The van der Waals surface area contributed by atoms with Crippen LogP contribution < -0.4 is 10.2 Å². The number of nitrogens with one attached hydrogen (secondary N) is 1. The molecule has 0 radical (unpaired) electrons. The Morgan fingerprint density at radius 3 is 2.38 bits per heavy atom. The molecule has 2 amide bonds. The number of carbonyl (C=O) groups excluding carboxylic acids is 2. The molecule has 0 atom stereocenters. The number of rotatable bonds is 5. The fourth-order valence-corrected chi connectivity index (χ4v) is 3.70. The van der Waals surface area contributed by atoms with E-state index in [-0.39, 0.29) is 11.8 Å². The molecule has 6 heteroatoms. The van der Waals surface area contributed by atoms with Gasteiger partial charge in [0, 0.05) is 43.2 Å². The number of benzene rings is 2. The smallest absolute Gasteiger partial charge is 0.255 e. The number of nitrogens with zero attached hydrogens (tertiary/aromatic N) is 2. The summed E-state index contributed by atoms with van der Waals surface area (Å²) in [6.45, 7) is 8.87. The summed E-state index contributed by atoms with van der Waals surface area (Å²) in [4.78, 5) is 29.1. The molecule has 2 aromatic rings. The van der Waals surface area contributed by atoms with Crippen LogP contribution in [0.2, 0.25) is 5.02 Å². The summed E-state index contributed by atoms with van der Waals surface area (Å²) in [7, 11) is 0. The quantitative estimate of drug-likeness (QED) is 0.775. The first-order valence-corrected chi connectivity index (χ1v) is 10.5. The number of hydrogen-bond donors (Lipinski definition) is 1. The van der Waals surface area contributed by atoms with Gasteiger partial charge in [-0.2, -0.15) is 0 Å². The lowest BCUT2D eigenvalue weighted by molar-refractivity contribution is -0.131. The third kappa shape index (κ3) is 5.10. The van der Waals surface area contributed by atoms with Crippen molar-refractivity contribution in [1.29, 1.82) is 0 Å². The lowest BCUT2D eigenvalue weighted by Gasteiger charge is -2.37. The molecule has 29 heavy (non-hydrogen) atoms. The summed E-state index contributed by atoms with van der Waals surface area (Å²) >= 11 is 6.21. The highest BCUT2D eigenvalue weighted by Crippen LogP contribution is 2.30. The zero-order chi connectivity index (χ0) is 21.0. The number of piperazine rings is 1. The van der Waals surface area contributed by atoms with Crippen LogP contribution in [0.25, 0.3) is 0 Å². The first kappa shape index (κ1) is 21.2. The van der Waals surface area contributed by atoms with Crippen LogP contribution in [0.3, 0.4) is 0 Å². The average molecular weight is 414 g/mol. The van der Waals surface area contributed by atoms with Crippen molar-refractivity contribution in [3.05, 3.63) is 58.1 Å². The summed E-state index contributed by atoms with van der Waals surface area (Å²) in [5.41, 5.74) is 4.47. The molecule has 1 heterocycles. The Bertz CT molecular complexity index is 905. The SMILES string of the molecule is CCCC(=O)N1CCN(c2ccc(Cl)cc2NC(=O)c2ccc(C)c(C)c2)CC1. The Morgan fingerprint density at radius 1 is 1.00 bits per heavy atom. The van der Waals surface area contributed by atoms with Crippen molar-refractivity contribution in [2.45, 2.75) is 33.6 Å². The maximum absolute atomic E-state index is 12.8. The molecule has 0 aromatic heterocycles. The molecule has 0 saturated carbocycles. The molecule has 3 rings (SSSR count). The van der Waals surface area contributed by atoms with Crippen LogP contribution in [0.1, 0.15) is 41.3 Å². The van der Waals surface area contributed by atoms with E-state index < -0.39 is 0 Å². The van der Waals surface area contributed by atoms with Crippen molar-refractivity contribution in [3.8, 4) is 0 Å². The fourth-order valence-electron chi connectivity index (χ4n) is 3.53. The van der Waals surface area contributed by atoms with Gasteiger partial charge in [0.25, 0.3) is 5.91 Å². The van der Waals surface area contributed by atoms with Crippen LogP contribution in [-0.4, -0.2) is 42.9 Å². The zero-order valence-corrected chi connectivity index (χ0v) is 18.1. The summed E-state index contributed by atoms with van der Waals surface area (Å²) in [5.74, 6) is 0.0555. The Hall–Kier alpha value is -2.53. The maximum Gasteiger partial charge on any atom is 0.255 e. The van der Waals surface area contributed by atoms with Crippen LogP contribution in [-0.2, 0) is 4.79 Å². The zero-order valence-electron chi connectivity index (χ0n) is 17.3. The van der Waals surface area contributed by atoms with Crippen LogP contribution >= 0.6 is 11.6 Å². The number of carbonyl (C=O) groups is 2. The Labute approximate surface area is 177 Å². The molecule has 0 unspecified atom stereocenters. The molecule has 5 nitrogen and oxygen atoms in total. The van der Waals surface area contributed by atoms with E-state index in [1.807, 2.05) is 56.0 Å². The van der Waals surface area contributed by atoms with Gasteiger partial charge in [0.15, 0.2) is 0 Å². The van der Waals surface area contributed by atoms with Crippen molar-refractivity contribution >= 4 is 34.8 Å². The largest absolute Gasteiger partial charge is 0.366 e. The predicted octanol–water partition coefficient (Wildman–Crippen LogP) is 4.66. The van der Waals surface area contributed by atoms with Crippen molar-refractivity contribution in [2.75, 3.05) is 36.4 Å². The molecular formula is C23H28ClN3O2. The van der Waals surface area contributed by atoms with Gasteiger partial charge in [0.05, 0.1) is 11.4 Å². The minimum atomic E-state index is -0.159. The second kappa shape index (κ2) is 9.31. The molecule has 1 aliphatic heterocycles. The molecule has 1 N–H and O–H groups in total. The minimum absolute atomic E-state index is 0.159. The first-order chi connectivity index (χ1) is 13.9. The van der Waals surface area contributed by atoms with Gasteiger partial charge in [-0.25, -0.2) is 0 Å². The van der Waals surface area contributed by atoms with E-state index in [4.69, 9.17) is 11.6 Å². The lowest BCUT2D eigenvalue weighted by Crippen LogP contribution is -2.48. The number of hydrogen-bond acceptors (Lipinski definition) is 3. The van der Waals surface area contributed by atoms with E-state index in [9.17, 15) is 9.59 Å². The molecular weight excluding hydrogens is 386 g/mol. The van der Waals surface area contributed by atoms with E-state index in [2.05, 4.69) is 10.2 Å². The summed E-state index contributed by atoms with van der Waals surface area (Å²) in [6, 6.07) is 11.2. The highest BCUT2D eigenvalue weighted by Gasteiger charge is 2.23. The van der Waals surface area contributed by atoms with E-state index in [0.717, 1.165) is 36.3 Å². The van der Waals surface area contributed by atoms with Crippen LogP contribution in [0, 0.1) is 13.8 Å². The molecule has 1 saturated heterocycles. The Morgan fingerprint density at radius 2 is 1.72 bits per heavy atom. The van der Waals surface area contributed by atoms with E-state index in [1.165, 1.54) is 0 Å². The molecule has 0 spiro atoms. The predicted molar refractivity (Wildman–Crippen MR) is 119 cm³/mol. The van der Waals surface area contributed by atoms with E-state index in [0.29, 0.717) is 35.8 Å². The van der Waals surface area contributed by atoms with Gasteiger partial charge in [-0.1, -0.05) is 24.6 Å². The van der Waals surface area contributed by atoms with Gasteiger partial charge in [0.2, 0.25) is 5.91 Å². The van der Waals surface area contributed by atoms with Gasteiger partial charge in [-0.3, -0.25) is 9.59 Å².